The van der Waals surface area contributed by atoms with E-state index in [2.05, 4.69) is 20.9 Å². The highest BCUT2D eigenvalue weighted by Gasteiger charge is 2.17. The molecule has 0 unspecified atom stereocenters. The molecule has 0 amide bonds. The summed E-state index contributed by atoms with van der Waals surface area (Å²) >= 11 is 9.34. The molecule has 0 spiro atoms. The molecule has 0 bridgehead atoms. The Labute approximate surface area is 135 Å². The molecule has 0 atom stereocenters. The molecule has 0 fully saturated rings. The van der Waals surface area contributed by atoms with Gasteiger partial charge in [-0.2, -0.15) is 0 Å². The Hall–Kier alpha value is -1.39. The summed E-state index contributed by atoms with van der Waals surface area (Å²) in [6.45, 7) is 1.90. The fraction of sp³-hybridized carbons (Fsp3) is 0.188. The largest absolute Gasteiger partial charge is 0.293 e. The van der Waals surface area contributed by atoms with Gasteiger partial charge in [0.05, 0.1) is 16.7 Å². The van der Waals surface area contributed by atoms with Gasteiger partial charge in [0, 0.05) is 16.8 Å². The molecule has 0 saturated carbocycles. The Kier molecular flexibility index (Phi) is 4.00. The monoisotopic (exact) mass is 366 g/mol. The summed E-state index contributed by atoms with van der Waals surface area (Å²) in [6.07, 6.45) is 0.585. The van der Waals surface area contributed by atoms with Crippen LogP contribution in [0.3, 0.4) is 0 Å². The molecule has 1 heterocycles. The highest BCUT2D eigenvalue weighted by molar-refractivity contribution is 9.10. The molecule has 21 heavy (non-hydrogen) atoms. The number of aromatic nitrogens is 2. The molecule has 0 N–H and O–H groups in total. The first-order valence-electron chi connectivity index (χ1n) is 6.60. The molecule has 2 nitrogen and oxygen atoms in total. The van der Waals surface area contributed by atoms with E-state index in [1.807, 2.05) is 35.8 Å². The van der Waals surface area contributed by atoms with E-state index >= 15 is 0 Å². The van der Waals surface area contributed by atoms with E-state index in [0.29, 0.717) is 18.0 Å². The van der Waals surface area contributed by atoms with Crippen molar-refractivity contribution < 1.29 is 4.39 Å². The lowest BCUT2D eigenvalue weighted by Crippen LogP contribution is -2.06. The van der Waals surface area contributed by atoms with Crippen LogP contribution in [0.15, 0.2) is 40.9 Å². The maximum atomic E-state index is 14.4. The van der Waals surface area contributed by atoms with Gasteiger partial charge in [-0.05, 0) is 36.8 Å². The van der Waals surface area contributed by atoms with Gasteiger partial charge in [0.25, 0.3) is 0 Å². The minimum absolute atomic E-state index is 0.259. The fourth-order valence-electron chi connectivity index (χ4n) is 2.51. The van der Waals surface area contributed by atoms with E-state index in [9.17, 15) is 4.39 Å². The van der Waals surface area contributed by atoms with E-state index in [0.717, 1.165) is 26.9 Å². The lowest BCUT2D eigenvalue weighted by Gasteiger charge is -2.12. The molecule has 0 aliphatic heterocycles. The van der Waals surface area contributed by atoms with E-state index < -0.39 is 0 Å². The van der Waals surface area contributed by atoms with Gasteiger partial charge in [0.1, 0.15) is 11.6 Å². The number of nitrogens with zero attached hydrogens (tertiary/aromatic N) is 2. The topological polar surface area (TPSA) is 17.8 Å². The summed E-state index contributed by atoms with van der Waals surface area (Å²) in [5.74, 6) is 0.953. The summed E-state index contributed by atoms with van der Waals surface area (Å²) in [5, 5.41) is 0. The number of alkyl halides is 1. The van der Waals surface area contributed by atoms with Gasteiger partial charge in [0.15, 0.2) is 0 Å². The molecule has 2 aromatic carbocycles. The predicted octanol–water partition coefficient (Wildman–Crippen LogP) is 5.02. The lowest BCUT2D eigenvalue weighted by atomic mass is 10.1. The quantitative estimate of drug-likeness (QED) is 0.595. The number of aryl methyl sites for hydroxylation is 2. The number of para-hydroxylation sites is 1. The van der Waals surface area contributed by atoms with Gasteiger partial charge < -0.3 is 0 Å². The van der Waals surface area contributed by atoms with Crippen LogP contribution in [0.25, 0.3) is 16.7 Å². The van der Waals surface area contributed by atoms with Gasteiger partial charge in [-0.3, -0.25) is 4.57 Å². The Bertz CT molecular complexity index is 793. The number of rotatable bonds is 3. The van der Waals surface area contributed by atoms with E-state index in [1.165, 1.54) is 6.07 Å². The lowest BCUT2D eigenvalue weighted by molar-refractivity contribution is 0.615. The molecule has 1 aromatic heterocycles. The molecule has 0 aliphatic rings. The third-order valence-electron chi connectivity index (χ3n) is 3.42. The number of benzene rings is 2. The van der Waals surface area contributed by atoms with Crippen LogP contribution in [0.1, 0.15) is 11.4 Å². The van der Waals surface area contributed by atoms with E-state index in [4.69, 9.17) is 11.6 Å². The fourth-order valence-corrected chi connectivity index (χ4v) is 3.02. The van der Waals surface area contributed by atoms with Crippen LogP contribution in [0.4, 0.5) is 4.39 Å². The summed E-state index contributed by atoms with van der Waals surface area (Å²) < 4.78 is 17.2. The average Bonchev–Trinajstić information content (AvgIpc) is 2.77. The highest BCUT2D eigenvalue weighted by atomic mass is 79.9. The number of imidazole rings is 1. The molecule has 108 valence electrons. The standard InChI is InChI=1S/C16H13BrClFN2/c1-10-3-2-4-12(19)16(10)21-14-9-11(17)5-6-13(14)20-15(21)7-8-18/h2-6,9H,7-8H2,1H3. The van der Waals surface area contributed by atoms with Crippen LogP contribution < -0.4 is 0 Å². The Morgan fingerprint density at radius 2 is 2.10 bits per heavy atom. The Balaban J connectivity index is 2.38. The van der Waals surface area contributed by atoms with Crippen molar-refractivity contribution in [1.29, 1.82) is 0 Å². The van der Waals surface area contributed by atoms with Crippen molar-refractivity contribution in [2.45, 2.75) is 13.3 Å². The van der Waals surface area contributed by atoms with Crippen molar-refractivity contribution in [3.63, 3.8) is 0 Å². The summed E-state index contributed by atoms with van der Waals surface area (Å²) in [4.78, 5) is 4.59. The Morgan fingerprint density at radius 3 is 2.81 bits per heavy atom. The van der Waals surface area contributed by atoms with Crippen molar-refractivity contribution in [3.8, 4) is 5.69 Å². The second-order valence-electron chi connectivity index (χ2n) is 4.84. The highest BCUT2D eigenvalue weighted by Crippen LogP contribution is 2.28. The summed E-state index contributed by atoms with van der Waals surface area (Å²) in [7, 11) is 0. The van der Waals surface area contributed by atoms with Crippen LogP contribution >= 0.6 is 27.5 Å². The minimum Gasteiger partial charge on any atom is -0.293 e. The first-order chi connectivity index (χ1) is 10.1. The summed E-state index contributed by atoms with van der Waals surface area (Å²) in [6, 6.07) is 10.9. The normalized spacial score (nSPS) is 11.2. The van der Waals surface area contributed by atoms with Crippen LogP contribution in [0, 0.1) is 12.7 Å². The molecular weight excluding hydrogens is 355 g/mol. The van der Waals surface area contributed by atoms with Crippen molar-refractivity contribution in [2.75, 3.05) is 5.88 Å². The third kappa shape index (κ3) is 2.58. The zero-order valence-electron chi connectivity index (χ0n) is 11.4. The Morgan fingerprint density at radius 1 is 1.29 bits per heavy atom. The van der Waals surface area contributed by atoms with Crippen molar-refractivity contribution in [3.05, 3.63) is 58.1 Å². The molecule has 3 aromatic rings. The van der Waals surface area contributed by atoms with Gasteiger partial charge in [-0.25, -0.2) is 9.37 Å². The predicted molar refractivity (Wildman–Crippen MR) is 87.9 cm³/mol. The SMILES string of the molecule is Cc1cccc(F)c1-n1c(CCCl)nc2ccc(Br)cc21. The first kappa shape index (κ1) is 14.5. The zero-order valence-corrected chi connectivity index (χ0v) is 13.7. The molecule has 3 rings (SSSR count). The molecule has 5 heteroatoms. The maximum Gasteiger partial charge on any atom is 0.147 e. The van der Waals surface area contributed by atoms with Gasteiger partial charge in [-0.1, -0.05) is 28.1 Å². The van der Waals surface area contributed by atoms with Gasteiger partial charge in [0.2, 0.25) is 0 Å². The second-order valence-corrected chi connectivity index (χ2v) is 6.13. The third-order valence-corrected chi connectivity index (χ3v) is 4.10. The van der Waals surface area contributed by atoms with E-state index in [-0.39, 0.29) is 5.82 Å². The molecule has 0 aliphatic carbocycles. The van der Waals surface area contributed by atoms with E-state index in [1.54, 1.807) is 6.07 Å². The van der Waals surface area contributed by atoms with Crippen LogP contribution in [0.2, 0.25) is 0 Å². The van der Waals surface area contributed by atoms with Crippen LogP contribution in [-0.4, -0.2) is 15.4 Å². The van der Waals surface area contributed by atoms with Crippen molar-refractivity contribution in [1.82, 2.24) is 9.55 Å². The molecular formula is C16H13BrClFN2. The number of halogens is 3. The first-order valence-corrected chi connectivity index (χ1v) is 7.93. The molecule has 0 saturated heterocycles. The molecule has 0 radical (unpaired) electrons. The minimum atomic E-state index is -0.259. The van der Waals surface area contributed by atoms with Crippen LogP contribution in [-0.2, 0) is 6.42 Å². The second kappa shape index (κ2) is 5.78. The van der Waals surface area contributed by atoms with Gasteiger partial charge >= 0.3 is 0 Å². The average molecular weight is 368 g/mol. The van der Waals surface area contributed by atoms with Crippen molar-refractivity contribution >= 4 is 38.6 Å². The maximum absolute atomic E-state index is 14.4. The number of fused-ring (bicyclic) bond motifs is 1. The smallest absolute Gasteiger partial charge is 0.147 e. The summed E-state index contributed by atoms with van der Waals surface area (Å²) in [5.41, 5.74) is 3.11. The van der Waals surface area contributed by atoms with Gasteiger partial charge in [-0.15, -0.1) is 11.6 Å². The van der Waals surface area contributed by atoms with Crippen molar-refractivity contribution in [2.24, 2.45) is 0 Å². The van der Waals surface area contributed by atoms with Crippen LogP contribution in [0.5, 0.6) is 0 Å². The zero-order chi connectivity index (χ0) is 15.0. The number of hydrogen-bond acceptors (Lipinski definition) is 1. The number of hydrogen-bond donors (Lipinski definition) is 0.